The van der Waals surface area contributed by atoms with Crippen molar-refractivity contribution in [3.8, 4) is 0 Å². The maximum atomic E-state index is 13.8. The highest BCUT2D eigenvalue weighted by molar-refractivity contribution is 5.44. The first-order valence-corrected chi connectivity index (χ1v) is 5.92. The lowest BCUT2D eigenvalue weighted by Gasteiger charge is -2.29. The smallest absolute Gasteiger partial charge is 0.224 e. The zero-order valence-corrected chi connectivity index (χ0v) is 11.2. The average Bonchev–Trinajstić information content (AvgIpc) is 2.26. The molecule has 0 aromatic carbocycles. The fourth-order valence-corrected chi connectivity index (χ4v) is 1.62. The van der Waals surface area contributed by atoms with Crippen LogP contribution in [-0.2, 0) is 0 Å². The predicted octanol–water partition coefficient (Wildman–Crippen LogP) is 2.53. The van der Waals surface area contributed by atoms with Crippen molar-refractivity contribution in [1.29, 1.82) is 0 Å². The number of rotatable bonds is 5. The van der Waals surface area contributed by atoms with Gasteiger partial charge in [0.2, 0.25) is 5.95 Å². The standard InChI is InChI=1S/C12H21FN4/c1-8(2)7-17(9(3)4)11-10(13)6-15-12(14-5)16-11/h6,8-9H,7H2,1-5H3,(H,14,15,16). The third kappa shape index (κ3) is 3.54. The molecular formula is C12H21FN4. The summed E-state index contributed by atoms with van der Waals surface area (Å²) < 4.78 is 13.8. The van der Waals surface area contributed by atoms with E-state index in [1.54, 1.807) is 7.05 Å². The summed E-state index contributed by atoms with van der Waals surface area (Å²) in [5.41, 5.74) is 0. The largest absolute Gasteiger partial charge is 0.357 e. The van der Waals surface area contributed by atoms with Gasteiger partial charge in [-0.1, -0.05) is 13.8 Å². The normalized spacial score (nSPS) is 11.1. The van der Waals surface area contributed by atoms with Gasteiger partial charge in [0.25, 0.3) is 0 Å². The molecule has 0 saturated carbocycles. The van der Waals surface area contributed by atoms with E-state index in [1.165, 1.54) is 6.20 Å². The van der Waals surface area contributed by atoms with E-state index in [2.05, 4.69) is 29.1 Å². The third-order valence-electron chi connectivity index (χ3n) is 2.41. The first-order chi connectivity index (χ1) is 7.95. The molecule has 96 valence electrons. The highest BCUT2D eigenvalue weighted by Crippen LogP contribution is 2.20. The number of nitrogens with zero attached hydrogens (tertiary/aromatic N) is 3. The molecule has 0 fully saturated rings. The van der Waals surface area contributed by atoms with Gasteiger partial charge in [-0.15, -0.1) is 0 Å². The number of hydrogen-bond acceptors (Lipinski definition) is 4. The lowest BCUT2D eigenvalue weighted by atomic mass is 10.2. The van der Waals surface area contributed by atoms with Crippen LogP contribution in [0.2, 0.25) is 0 Å². The predicted molar refractivity (Wildman–Crippen MR) is 68.9 cm³/mol. The van der Waals surface area contributed by atoms with Gasteiger partial charge in [0.1, 0.15) is 0 Å². The van der Waals surface area contributed by atoms with Gasteiger partial charge in [-0.2, -0.15) is 4.98 Å². The van der Waals surface area contributed by atoms with E-state index in [9.17, 15) is 4.39 Å². The zero-order valence-electron chi connectivity index (χ0n) is 11.2. The van der Waals surface area contributed by atoms with E-state index in [4.69, 9.17) is 0 Å². The quantitative estimate of drug-likeness (QED) is 0.858. The summed E-state index contributed by atoms with van der Waals surface area (Å²) in [5, 5.41) is 2.83. The van der Waals surface area contributed by atoms with Crippen molar-refractivity contribution >= 4 is 11.8 Å². The zero-order chi connectivity index (χ0) is 13.0. The number of halogens is 1. The Morgan fingerprint density at radius 2 is 2.00 bits per heavy atom. The fraction of sp³-hybridized carbons (Fsp3) is 0.667. The summed E-state index contributed by atoms with van der Waals surface area (Å²) in [7, 11) is 1.72. The highest BCUT2D eigenvalue weighted by Gasteiger charge is 2.18. The lowest BCUT2D eigenvalue weighted by molar-refractivity contribution is 0.539. The minimum atomic E-state index is -0.377. The molecule has 4 nitrogen and oxygen atoms in total. The number of anilines is 2. The van der Waals surface area contributed by atoms with E-state index in [1.807, 2.05) is 18.7 Å². The van der Waals surface area contributed by atoms with E-state index in [-0.39, 0.29) is 11.9 Å². The van der Waals surface area contributed by atoms with Crippen LogP contribution in [0, 0.1) is 11.7 Å². The molecule has 0 aliphatic carbocycles. The van der Waals surface area contributed by atoms with Crippen LogP contribution in [0.1, 0.15) is 27.7 Å². The van der Waals surface area contributed by atoms with Gasteiger partial charge in [0, 0.05) is 19.6 Å². The first kappa shape index (κ1) is 13.7. The topological polar surface area (TPSA) is 41.1 Å². The molecule has 5 heteroatoms. The van der Waals surface area contributed by atoms with Crippen LogP contribution in [0.25, 0.3) is 0 Å². The van der Waals surface area contributed by atoms with Gasteiger partial charge >= 0.3 is 0 Å². The SMILES string of the molecule is CNc1ncc(F)c(N(CC(C)C)C(C)C)n1. The van der Waals surface area contributed by atoms with Crippen LogP contribution in [0.3, 0.4) is 0 Å². The Kier molecular flexibility index (Phi) is 4.66. The van der Waals surface area contributed by atoms with Gasteiger partial charge < -0.3 is 10.2 Å². The van der Waals surface area contributed by atoms with Crippen LogP contribution >= 0.6 is 0 Å². The molecule has 0 aliphatic heterocycles. The Morgan fingerprint density at radius 1 is 1.35 bits per heavy atom. The average molecular weight is 240 g/mol. The molecular weight excluding hydrogens is 219 g/mol. The van der Waals surface area contributed by atoms with Gasteiger partial charge in [-0.25, -0.2) is 9.37 Å². The molecule has 0 radical (unpaired) electrons. The Morgan fingerprint density at radius 3 is 2.47 bits per heavy atom. The summed E-state index contributed by atoms with van der Waals surface area (Å²) in [6.07, 6.45) is 1.21. The molecule has 1 rings (SSSR count). The van der Waals surface area contributed by atoms with Gasteiger partial charge in [-0.05, 0) is 19.8 Å². The number of aromatic nitrogens is 2. The Hall–Kier alpha value is -1.39. The van der Waals surface area contributed by atoms with E-state index < -0.39 is 0 Å². The molecule has 0 unspecified atom stereocenters. The van der Waals surface area contributed by atoms with Crippen molar-refractivity contribution in [2.45, 2.75) is 33.7 Å². The van der Waals surface area contributed by atoms with Crippen molar-refractivity contribution in [3.05, 3.63) is 12.0 Å². The fourth-order valence-electron chi connectivity index (χ4n) is 1.62. The lowest BCUT2D eigenvalue weighted by Crippen LogP contribution is -2.35. The molecule has 1 aromatic heterocycles. The van der Waals surface area contributed by atoms with Gasteiger partial charge in [-0.3, -0.25) is 0 Å². The van der Waals surface area contributed by atoms with E-state index in [0.717, 1.165) is 6.54 Å². The van der Waals surface area contributed by atoms with Crippen LogP contribution in [0.15, 0.2) is 6.20 Å². The van der Waals surface area contributed by atoms with E-state index >= 15 is 0 Å². The van der Waals surface area contributed by atoms with Crippen LogP contribution in [0.4, 0.5) is 16.2 Å². The third-order valence-corrected chi connectivity index (χ3v) is 2.41. The van der Waals surface area contributed by atoms with Crippen LogP contribution < -0.4 is 10.2 Å². The van der Waals surface area contributed by atoms with Crippen molar-refractivity contribution in [3.63, 3.8) is 0 Å². The minimum absolute atomic E-state index is 0.200. The maximum Gasteiger partial charge on any atom is 0.224 e. The Balaban J connectivity index is 3.08. The second-order valence-corrected chi connectivity index (χ2v) is 4.76. The maximum absolute atomic E-state index is 13.8. The van der Waals surface area contributed by atoms with Crippen molar-refractivity contribution in [2.75, 3.05) is 23.8 Å². The highest BCUT2D eigenvalue weighted by atomic mass is 19.1. The molecule has 1 aromatic rings. The number of nitrogens with one attached hydrogen (secondary N) is 1. The summed E-state index contributed by atoms with van der Waals surface area (Å²) in [5.74, 6) is 0.881. The first-order valence-electron chi connectivity index (χ1n) is 5.92. The second-order valence-electron chi connectivity index (χ2n) is 4.76. The summed E-state index contributed by atoms with van der Waals surface area (Å²) >= 11 is 0. The van der Waals surface area contributed by atoms with E-state index in [0.29, 0.717) is 17.7 Å². The minimum Gasteiger partial charge on any atom is -0.357 e. The molecule has 1 N–H and O–H groups in total. The van der Waals surface area contributed by atoms with Crippen molar-refractivity contribution in [2.24, 2.45) is 5.92 Å². The molecule has 0 saturated heterocycles. The molecule has 0 bridgehead atoms. The molecule has 0 spiro atoms. The summed E-state index contributed by atoms with van der Waals surface area (Å²) in [6.45, 7) is 9.04. The molecule has 0 aliphatic rings. The van der Waals surface area contributed by atoms with Crippen LogP contribution in [-0.4, -0.2) is 29.6 Å². The summed E-state index contributed by atoms with van der Waals surface area (Å²) in [6, 6.07) is 0.200. The van der Waals surface area contributed by atoms with Crippen molar-refractivity contribution in [1.82, 2.24) is 9.97 Å². The monoisotopic (exact) mass is 240 g/mol. The van der Waals surface area contributed by atoms with Crippen LogP contribution in [0.5, 0.6) is 0 Å². The molecule has 0 amide bonds. The number of hydrogen-bond donors (Lipinski definition) is 1. The summed E-state index contributed by atoms with van der Waals surface area (Å²) in [4.78, 5) is 10.0. The second kappa shape index (κ2) is 5.80. The molecule has 17 heavy (non-hydrogen) atoms. The molecule has 1 heterocycles. The van der Waals surface area contributed by atoms with Gasteiger partial charge in [0.05, 0.1) is 6.20 Å². The van der Waals surface area contributed by atoms with Gasteiger partial charge in [0.15, 0.2) is 11.6 Å². The molecule has 0 atom stereocenters. The Labute approximate surface area is 102 Å². The Bertz CT molecular complexity index is 366. The van der Waals surface area contributed by atoms with Crippen molar-refractivity contribution < 1.29 is 4.39 Å².